The molecule has 0 aromatic carbocycles. The maximum Gasteiger partial charge on any atom is 0.0326 e. The Balaban J connectivity index is 2.51. The van der Waals surface area contributed by atoms with E-state index < -0.39 is 0 Å². The highest BCUT2D eigenvalue weighted by Crippen LogP contribution is 2.33. The molecular weight excluding hydrogens is 210 g/mol. The first kappa shape index (κ1) is 12.3. The van der Waals surface area contributed by atoms with Crippen LogP contribution in [0.15, 0.2) is 0 Å². The lowest BCUT2D eigenvalue weighted by atomic mass is 10.1. The van der Waals surface area contributed by atoms with Crippen LogP contribution in [0.1, 0.15) is 20.3 Å². The van der Waals surface area contributed by atoms with Crippen LogP contribution >= 0.6 is 23.5 Å². The number of rotatable bonds is 4. The minimum atomic E-state index is 0.498. The fraction of sp³-hybridized carbons (Fsp3) is 0.818. The van der Waals surface area contributed by atoms with Crippen LogP contribution in [0.5, 0.6) is 0 Å². The summed E-state index contributed by atoms with van der Waals surface area (Å²) in [5.74, 6) is 5.34. The van der Waals surface area contributed by atoms with Crippen LogP contribution in [0.4, 0.5) is 0 Å². The second-order valence-electron chi connectivity index (χ2n) is 3.48. The molecule has 3 unspecified atom stereocenters. The molecule has 3 atom stereocenters. The van der Waals surface area contributed by atoms with E-state index in [2.05, 4.69) is 48.6 Å². The van der Waals surface area contributed by atoms with Gasteiger partial charge in [0.15, 0.2) is 0 Å². The Labute approximate surface area is 96.2 Å². The lowest BCUT2D eigenvalue weighted by molar-refractivity contribution is 0.513. The van der Waals surface area contributed by atoms with Crippen molar-refractivity contribution in [2.24, 2.45) is 0 Å². The Hall–Kier alpha value is 0.220. The first-order chi connectivity index (χ1) is 6.79. The van der Waals surface area contributed by atoms with Crippen LogP contribution in [0.25, 0.3) is 0 Å². The Morgan fingerprint density at radius 2 is 2.21 bits per heavy atom. The lowest BCUT2D eigenvalue weighted by Gasteiger charge is -2.34. The fourth-order valence-corrected chi connectivity index (χ4v) is 4.75. The van der Waals surface area contributed by atoms with Crippen molar-refractivity contribution in [2.45, 2.75) is 36.8 Å². The van der Waals surface area contributed by atoms with Crippen LogP contribution in [-0.2, 0) is 0 Å². The molecule has 0 aliphatic carbocycles. The highest BCUT2D eigenvalue weighted by atomic mass is 32.2. The van der Waals surface area contributed by atoms with Gasteiger partial charge in [-0.05, 0) is 6.54 Å². The Kier molecular flexibility index (Phi) is 5.84. The Bertz CT molecular complexity index is 200. The second kappa shape index (κ2) is 6.66. The van der Waals surface area contributed by atoms with E-state index in [4.69, 9.17) is 6.42 Å². The highest BCUT2D eigenvalue weighted by molar-refractivity contribution is 8.07. The van der Waals surface area contributed by atoms with E-state index in [-0.39, 0.29) is 0 Å². The van der Waals surface area contributed by atoms with Crippen LogP contribution in [0, 0.1) is 12.3 Å². The van der Waals surface area contributed by atoms with Crippen molar-refractivity contribution in [3.05, 3.63) is 0 Å². The van der Waals surface area contributed by atoms with Crippen molar-refractivity contribution >= 4 is 23.5 Å². The van der Waals surface area contributed by atoms with Gasteiger partial charge < -0.3 is 5.32 Å². The maximum absolute atomic E-state index is 5.41. The summed E-state index contributed by atoms with van der Waals surface area (Å²) in [7, 11) is 0. The van der Waals surface area contributed by atoms with Crippen LogP contribution < -0.4 is 5.32 Å². The van der Waals surface area contributed by atoms with Crippen molar-refractivity contribution < 1.29 is 0 Å². The van der Waals surface area contributed by atoms with Gasteiger partial charge in [0.2, 0.25) is 0 Å². The van der Waals surface area contributed by atoms with E-state index >= 15 is 0 Å². The van der Waals surface area contributed by atoms with E-state index in [9.17, 15) is 0 Å². The average molecular weight is 229 g/mol. The standard InChI is InChI=1S/C11H19NS2/c1-4-6-10(12-5-2)11-9(3)13-7-8-14-11/h1,9-12H,5-8H2,2-3H3. The van der Waals surface area contributed by atoms with Crippen LogP contribution in [0.2, 0.25) is 0 Å². The first-order valence-electron chi connectivity index (χ1n) is 5.19. The lowest BCUT2D eigenvalue weighted by Crippen LogP contribution is -2.44. The predicted molar refractivity (Wildman–Crippen MR) is 69.1 cm³/mol. The molecule has 80 valence electrons. The molecule has 1 N–H and O–H groups in total. The van der Waals surface area contributed by atoms with Gasteiger partial charge >= 0.3 is 0 Å². The first-order valence-corrected chi connectivity index (χ1v) is 7.29. The summed E-state index contributed by atoms with van der Waals surface area (Å²) in [6.45, 7) is 5.48. The summed E-state index contributed by atoms with van der Waals surface area (Å²) in [6.07, 6.45) is 6.26. The van der Waals surface area contributed by atoms with Gasteiger partial charge in [0.1, 0.15) is 0 Å². The molecule has 1 heterocycles. The largest absolute Gasteiger partial charge is 0.312 e. The normalized spacial score (nSPS) is 29.5. The van der Waals surface area contributed by atoms with Crippen molar-refractivity contribution in [2.75, 3.05) is 18.1 Å². The molecule has 0 aromatic heterocycles. The quantitative estimate of drug-likeness (QED) is 0.743. The minimum Gasteiger partial charge on any atom is -0.312 e. The highest BCUT2D eigenvalue weighted by Gasteiger charge is 2.29. The van der Waals surface area contributed by atoms with Gasteiger partial charge in [-0.25, -0.2) is 0 Å². The molecule has 0 spiro atoms. The molecule has 1 nitrogen and oxygen atoms in total. The molecule has 0 radical (unpaired) electrons. The topological polar surface area (TPSA) is 12.0 Å². The molecule has 1 saturated heterocycles. The van der Waals surface area contributed by atoms with Crippen LogP contribution in [0.3, 0.4) is 0 Å². The maximum atomic E-state index is 5.41. The Morgan fingerprint density at radius 3 is 2.79 bits per heavy atom. The number of hydrogen-bond donors (Lipinski definition) is 1. The van der Waals surface area contributed by atoms with Gasteiger partial charge in [-0.3, -0.25) is 0 Å². The number of nitrogens with one attached hydrogen (secondary N) is 1. The number of terminal acetylenes is 1. The van der Waals surface area contributed by atoms with Gasteiger partial charge in [0.05, 0.1) is 0 Å². The van der Waals surface area contributed by atoms with Crippen molar-refractivity contribution in [3.8, 4) is 12.3 Å². The number of thioether (sulfide) groups is 2. The van der Waals surface area contributed by atoms with E-state index in [0.717, 1.165) is 18.2 Å². The van der Waals surface area contributed by atoms with Crippen molar-refractivity contribution in [1.82, 2.24) is 5.32 Å². The van der Waals surface area contributed by atoms with Crippen molar-refractivity contribution in [3.63, 3.8) is 0 Å². The molecule has 0 amide bonds. The monoisotopic (exact) mass is 229 g/mol. The molecule has 1 aliphatic rings. The summed E-state index contributed by atoms with van der Waals surface area (Å²) in [4.78, 5) is 0. The average Bonchev–Trinajstić information content (AvgIpc) is 2.18. The third-order valence-corrected chi connectivity index (χ3v) is 5.69. The zero-order valence-corrected chi connectivity index (χ0v) is 10.6. The van der Waals surface area contributed by atoms with Gasteiger partial charge in [-0.2, -0.15) is 23.5 Å². The number of hydrogen-bond acceptors (Lipinski definition) is 3. The van der Waals surface area contributed by atoms with Gasteiger partial charge in [-0.1, -0.05) is 13.8 Å². The molecule has 1 aliphatic heterocycles. The minimum absolute atomic E-state index is 0.498. The molecule has 1 rings (SSSR count). The molecule has 1 fully saturated rings. The zero-order chi connectivity index (χ0) is 10.4. The van der Waals surface area contributed by atoms with Gasteiger partial charge in [0, 0.05) is 34.5 Å². The van der Waals surface area contributed by atoms with Gasteiger partial charge in [0.25, 0.3) is 0 Å². The summed E-state index contributed by atoms with van der Waals surface area (Å²) in [5.41, 5.74) is 0. The molecular formula is C11H19NS2. The van der Waals surface area contributed by atoms with Gasteiger partial charge in [-0.15, -0.1) is 12.3 Å². The predicted octanol–water partition coefficient (Wildman–Crippen LogP) is 2.22. The van der Waals surface area contributed by atoms with E-state index in [0.29, 0.717) is 11.3 Å². The fourth-order valence-electron chi connectivity index (χ4n) is 1.79. The van der Waals surface area contributed by atoms with E-state index in [1.807, 2.05) is 0 Å². The third-order valence-electron chi connectivity index (χ3n) is 2.44. The van der Waals surface area contributed by atoms with E-state index in [1.165, 1.54) is 11.5 Å². The summed E-state index contributed by atoms with van der Waals surface area (Å²) >= 11 is 4.16. The molecule has 3 heteroatoms. The second-order valence-corrected chi connectivity index (χ2v) is 6.25. The SMILES string of the molecule is C#CCC(NCC)C1SCCSC1C. The summed E-state index contributed by atoms with van der Waals surface area (Å²) in [5, 5.41) is 4.92. The van der Waals surface area contributed by atoms with Crippen LogP contribution in [-0.4, -0.2) is 34.6 Å². The Morgan fingerprint density at radius 1 is 1.50 bits per heavy atom. The van der Waals surface area contributed by atoms with E-state index in [1.54, 1.807) is 0 Å². The summed E-state index contributed by atoms with van der Waals surface area (Å²) < 4.78 is 0. The van der Waals surface area contributed by atoms with Crippen molar-refractivity contribution in [1.29, 1.82) is 0 Å². The molecule has 14 heavy (non-hydrogen) atoms. The molecule has 0 saturated carbocycles. The summed E-state index contributed by atoms with van der Waals surface area (Å²) in [6, 6.07) is 0.498. The smallest absolute Gasteiger partial charge is 0.0326 e. The zero-order valence-electron chi connectivity index (χ0n) is 8.95. The molecule has 0 aromatic rings. The molecule has 0 bridgehead atoms. The third kappa shape index (κ3) is 3.42.